The molecule has 3 heterocycles. The molecule has 4 rings (SSSR count). The number of benzene rings is 1. The van der Waals surface area contributed by atoms with Crippen LogP contribution in [-0.4, -0.2) is 64.0 Å². The lowest BCUT2D eigenvalue weighted by Crippen LogP contribution is -2.88. The molecule has 0 bridgehead atoms. The first-order valence-electron chi connectivity index (χ1n) is 11.3. The highest BCUT2D eigenvalue weighted by Gasteiger charge is 2.66. The van der Waals surface area contributed by atoms with Crippen LogP contribution in [-0.2, 0) is 9.53 Å². The average molecular weight is 476 g/mol. The summed E-state index contributed by atoms with van der Waals surface area (Å²) in [5.74, 6) is -0.352. The Morgan fingerprint density at radius 3 is 2.39 bits per heavy atom. The van der Waals surface area contributed by atoms with E-state index in [0.29, 0.717) is 18.0 Å². The number of nitrogens with one attached hydrogen (secondary N) is 1. The number of hydrogen-bond acceptors (Lipinski definition) is 5. The number of likely N-dealkylation sites (tertiary alicyclic amines) is 2. The molecule has 3 atom stereocenters. The molecule has 2 fully saturated rings. The maximum absolute atomic E-state index is 13.6. The third-order valence-electron chi connectivity index (χ3n) is 6.49. The van der Waals surface area contributed by atoms with Gasteiger partial charge in [0.15, 0.2) is 0 Å². The van der Waals surface area contributed by atoms with Crippen molar-refractivity contribution < 1.29 is 22.0 Å². The quantitative estimate of drug-likeness (QED) is 0.694. The lowest BCUT2D eigenvalue weighted by molar-refractivity contribution is -0.197. The Balaban J connectivity index is 0.00000216. The van der Waals surface area contributed by atoms with E-state index < -0.39 is 22.6 Å². The van der Waals surface area contributed by atoms with Gasteiger partial charge in [-0.25, -0.2) is 4.79 Å². The van der Waals surface area contributed by atoms with Crippen molar-refractivity contribution in [2.75, 3.05) is 13.1 Å². The number of thiophene rings is 1. The zero-order valence-electron chi connectivity index (χ0n) is 20.4. The van der Waals surface area contributed by atoms with Gasteiger partial charge in [0.2, 0.25) is 5.91 Å². The molecule has 2 aliphatic heterocycles. The Morgan fingerprint density at radius 1 is 1.18 bits per heavy atom. The van der Waals surface area contributed by atoms with E-state index in [4.69, 9.17) is 4.74 Å². The second kappa shape index (κ2) is 7.72. The molecular weight excluding hydrogens is 438 g/mol. The number of carbonyl (C=O) groups is 3. The van der Waals surface area contributed by atoms with E-state index in [1.807, 2.05) is 78.8 Å². The van der Waals surface area contributed by atoms with Crippen LogP contribution in [0.3, 0.4) is 0 Å². The average Bonchev–Trinajstić information content (AvgIpc) is 3.12. The largest absolute Gasteiger partial charge is 0.444 e. The second-order valence-electron chi connectivity index (χ2n) is 11.4. The Bertz CT molecular complexity index is 1090. The second-order valence-corrected chi connectivity index (χ2v) is 12.4. The van der Waals surface area contributed by atoms with Gasteiger partial charge >= 0.3 is 6.09 Å². The summed E-state index contributed by atoms with van der Waals surface area (Å²) in [4.78, 5) is 43.2. The Hall–Kier alpha value is -2.61. The number of fused-ring (bicyclic) bond motifs is 2. The third kappa shape index (κ3) is 4.21. The molecule has 3 amide bonds. The van der Waals surface area contributed by atoms with E-state index in [1.165, 1.54) is 11.3 Å². The molecule has 182 valence electrons. The molecule has 1 aromatic heterocycles. The lowest BCUT2D eigenvalue weighted by Gasteiger charge is -2.69. The maximum atomic E-state index is 13.6. The van der Waals surface area contributed by atoms with Crippen LogP contribution in [0.25, 0.3) is 10.1 Å². The number of carbonyl (C=O) groups excluding carboxylic acids is 3. The van der Waals surface area contributed by atoms with Gasteiger partial charge in [0.1, 0.15) is 11.6 Å². The Labute approximate surface area is 202 Å². The highest BCUT2D eigenvalue weighted by atomic mass is 32.1. The fourth-order valence-electron chi connectivity index (χ4n) is 4.57. The summed E-state index contributed by atoms with van der Waals surface area (Å²) in [6.45, 7) is 14.2. The van der Waals surface area contributed by atoms with Gasteiger partial charge in [-0.15, -0.1) is 11.3 Å². The molecule has 7 nitrogen and oxygen atoms in total. The molecule has 0 radical (unpaired) electrons. The molecule has 8 heteroatoms. The number of rotatable bonds is 3. The zero-order chi connectivity index (χ0) is 24.3. The lowest BCUT2D eigenvalue weighted by atomic mass is 9.71. The van der Waals surface area contributed by atoms with Gasteiger partial charge < -0.3 is 15.0 Å². The number of hydrogen-bond donors (Lipinski definition) is 1. The van der Waals surface area contributed by atoms with Gasteiger partial charge in [-0.2, -0.15) is 0 Å². The van der Waals surface area contributed by atoms with Crippen LogP contribution in [0.1, 0.15) is 61.0 Å². The van der Waals surface area contributed by atoms with E-state index >= 15 is 0 Å². The summed E-state index contributed by atoms with van der Waals surface area (Å²) >= 11 is 1.42. The van der Waals surface area contributed by atoms with Crippen molar-refractivity contribution in [1.82, 2.24) is 15.1 Å². The molecule has 0 spiro atoms. The summed E-state index contributed by atoms with van der Waals surface area (Å²) in [5.41, 5.74) is -1.46. The predicted molar refractivity (Wildman–Crippen MR) is 134 cm³/mol. The van der Waals surface area contributed by atoms with E-state index in [0.717, 1.165) is 10.1 Å². The van der Waals surface area contributed by atoms with Crippen molar-refractivity contribution >= 4 is 39.3 Å². The van der Waals surface area contributed by atoms with Gasteiger partial charge in [-0.3, -0.25) is 14.5 Å². The zero-order valence-corrected chi connectivity index (χ0v) is 21.2. The van der Waals surface area contributed by atoms with Crippen LogP contribution in [0.2, 0.25) is 0 Å². The first-order valence-corrected chi connectivity index (χ1v) is 12.1. The molecule has 1 N–H and O–H groups in total. The SMILES string of the molecule is CC(C)(C)OC(=O)N1CC2(C)C1CN2C(=O)C(NC(=O)c1cc2ccccc2s1)C(C)(C)C.[HH].[HH]. The molecule has 3 unspecified atom stereocenters. The van der Waals surface area contributed by atoms with Crippen molar-refractivity contribution in [3.8, 4) is 0 Å². The molecular formula is C25H37N3O4S. The van der Waals surface area contributed by atoms with E-state index in [2.05, 4.69) is 5.32 Å². The van der Waals surface area contributed by atoms with Crippen LogP contribution in [0.15, 0.2) is 30.3 Å². The Kier molecular flexibility index (Phi) is 5.51. The van der Waals surface area contributed by atoms with Gasteiger partial charge in [0.05, 0.1) is 16.5 Å². The smallest absolute Gasteiger partial charge is 0.410 e. The number of piperazine rings is 1. The van der Waals surface area contributed by atoms with Crippen LogP contribution >= 0.6 is 11.3 Å². The van der Waals surface area contributed by atoms with E-state index in [1.54, 1.807) is 9.80 Å². The monoisotopic (exact) mass is 475 g/mol. The van der Waals surface area contributed by atoms with Crippen LogP contribution in [0.4, 0.5) is 4.79 Å². The number of ether oxygens (including phenoxy) is 1. The fraction of sp³-hybridized carbons (Fsp3) is 0.560. The van der Waals surface area contributed by atoms with Crippen LogP contribution < -0.4 is 5.32 Å². The summed E-state index contributed by atoms with van der Waals surface area (Å²) in [6.07, 6.45) is -0.345. The standard InChI is InChI=1S/C25H33N3O4S.2H2/c1-23(2,3)19(26-20(29)17-12-15-10-8-9-11-16(15)33-17)21(30)28-13-18-25(28,7)14-27(18)22(31)32-24(4,5)6;;/h8-12,18-19H,13-14H2,1-7H3,(H,26,29);2*1H. The highest BCUT2D eigenvalue weighted by molar-refractivity contribution is 7.20. The van der Waals surface area contributed by atoms with Gasteiger partial charge in [-0.05, 0) is 50.6 Å². The Morgan fingerprint density at radius 2 is 1.85 bits per heavy atom. The maximum Gasteiger partial charge on any atom is 0.410 e. The van der Waals surface area contributed by atoms with Crippen molar-refractivity contribution in [2.24, 2.45) is 5.41 Å². The van der Waals surface area contributed by atoms with Crippen molar-refractivity contribution in [3.63, 3.8) is 0 Å². The first-order chi connectivity index (χ1) is 15.2. The minimum absolute atomic E-state index is 0. The molecule has 0 aliphatic carbocycles. The fourth-order valence-corrected chi connectivity index (χ4v) is 5.53. The molecule has 2 aromatic rings. The van der Waals surface area contributed by atoms with Crippen LogP contribution in [0, 0.1) is 5.41 Å². The molecule has 33 heavy (non-hydrogen) atoms. The highest BCUT2D eigenvalue weighted by Crippen LogP contribution is 2.45. The minimum Gasteiger partial charge on any atom is -0.444 e. The molecule has 2 aliphatic rings. The van der Waals surface area contributed by atoms with Crippen molar-refractivity contribution in [2.45, 2.75) is 71.7 Å². The predicted octanol–water partition coefficient (Wildman–Crippen LogP) is 4.76. The summed E-state index contributed by atoms with van der Waals surface area (Å²) in [7, 11) is 0. The van der Waals surface area contributed by atoms with Crippen LogP contribution in [0.5, 0.6) is 0 Å². The third-order valence-corrected chi connectivity index (χ3v) is 7.60. The summed E-state index contributed by atoms with van der Waals surface area (Å²) in [5, 5.41) is 4.01. The van der Waals surface area contributed by atoms with E-state index in [9.17, 15) is 14.4 Å². The first kappa shape index (κ1) is 23.5. The normalized spacial score (nSPS) is 23.3. The van der Waals surface area contributed by atoms with E-state index in [-0.39, 0.29) is 26.8 Å². The van der Waals surface area contributed by atoms with Gasteiger partial charge in [-0.1, -0.05) is 39.0 Å². The summed E-state index contributed by atoms with van der Waals surface area (Å²) < 4.78 is 6.53. The van der Waals surface area contributed by atoms with Gasteiger partial charge in [0.25, 0.3) is 5.91 Å². The number of amides is 3. The molecule has 1 aromatic carbocycles. The molecule has 2 saturated heterocycles. The topological polar surface area (TPSA) is 79.0 Å². The number of nitrogens with zero attached hydrogens (tertiary/aromatic N) is 2. The van der Waals surface area contributed by atoms with Crippen molar-refractivity contribution in [1.29, 1.82) is 0 Å². The summed E-state index contributed by atoms with van der Waals surface area (Å²) in [6, 6.07) is 8.98. The van der Waals surface area contributed by atoms with Gasteiger partial charge in [0, 0.05) is 20.6 Å². The van der Waals surface area contributed by atoms with Crippen molar-refractivity contribution in [3.05, 3.63) is 35.2 Å². The minimum atomic E-state index is -0.677. The molecule has 0 saturated carbocycles.